The second-order valence-corrected chi connectivity index (χ2v) is 10.4. The zero-order valence-corrected chi connectivity index (χ0v) is 20.4. The minimum Gasteiger partial charge on any atom is -0.336 e. The highest BCUT2D eigenvalue weighted by Crippen LogP contribution is 2.36. The van der Waals surface area contributed by atoms with Crippen molar-refractivity contribution >= 4 is 17.5 Å². The van der Waals surface area contributed by atoms with Gasteiger partial charge in [-0.1, -0.05) is 55.0 Å². The van der Waals surface area contributed by atoms with Crippen LogP contribution in [0.3, 0.4) is 0 Å². The Balaban J connectivity index is 1.49. The number of amides is 2. The second-order valence-electron chi connectivity index (χ2n) is 10.4. The molecule has 2 fully saturated rings. The Morgan fingerprint density at radius 3 is 2.38 bits per heavy atom. The maximum atomic E-state index is 13.7. The molecule has 180 valence electrons. The van der Waals surface area contributed by atoms with Crippen LogP contribution >= 0.6 is 0 Å². The molecule has 2 bridgehead atoms. The number of hydrogen-bond donors (Lipinski definition) is 0. The van der Waals surface area contributed by atoms with Crippen molar-refractivity contribution in [1.82, 2.24) is 9.80 Å². The van der Waals surface area contributed by atoms with Crippen molar-refractivity contribution < 1.29 is 9.59 Å². The monoisotopic (exact) mass is 459 g/mol. The van der Waals surface area contributed by atoms with E-state index in [1.54, 1.807) is 6.92 Å². The standard InChI is InChI=1S/C29H37N3O2/c1-22(33)31-17-16-26-11-7-12-27(32(26)19-24-14-15-24)21-30(20-25-10-5-6-13-28(25)31)29(34)18-23-8-3-2-4-9-23/h2-6,8-10,13,24,26-27H,7,11-12,14-21H2,1H3. The molecule has 5 heteroatoms. The number of carbonyl (C=O) groups is 2. The third kappa shape index (κ3) is 5.35. The highest BCUT2D eigenvalue weighted by molar-refractivity contribution is 5.92. The van der Waals surface area contributed by atoms with Gasteiger partial charge in [0.1, 0.15) is 0 Å². The number of piperidine rings is 1. The van der Waals surface area contributed by atoms with Crippen LogP contribution in [0.1, 0.15) is 56.6 Å². The SMILES string of the molecule is CC(=O)N1CCC2CCCC(CN(C(=O)Cc3ccccc3)Cc3ccccc31)N2CC1CC1. The molecule has 2 aromatic carbocycles. The van der Waals surface area contributed by atoms with Gasteiger partial charge < -0.3 is 9.80 Å². The molecule has 2 atom stereocenters. The van der Waals surface area contributed by atoms with Gasteiger partial charge in [0.05, 0.1) is 6.42 Å². The lowest BCUT2D eigenvalue weighted by Gasteiger charge is -2.44. The predicted octanol–water partition coefficient (Wildman–Crippen LogP) is 4.65. The Morgan fingerprint density at radius 1 is 0.882 bits per heavy atom. The smallest absolute Gasteiger partial charge is 0.227 e. The fourth-order valence-electron chi connectivity index (χ4n) is 5.85. The molecule has 1 saturated heterocycles. The summed E-state index contributed by atoms with van der Waals surface area (Å²) in [6.45, 7) is 4.86. The molecule has 0 spiro atoms. The van der Waals surface area contributed by atoms with Gasteiger partial charge in [0.15, 0.2) is 0 Å². The number of nitrogens with zero attached hydrogens (tertiary/aromatic N) is 3. The van der Waals surface area contributed by atoms with E-state index in [1.807, 2.05) is 53.4 Å². The van der Waals surface area contributed by atoms with Gasteiger partial charge in [0.2, 0.25) is 11.8 Å². The van der Waals surface area contributed by atoms with Gasteiger partial charge in [-0.25, -0.2) is 0 Å². The molecule has 1 aliphatic carbocycles. The lowest BCUT2D eigenvalue weighted by Crippen LogP contribution is -2.53. The molecule has 0 radical (unpaired) electrons. The summed E-state index contributed by atoms with van der Waals surface area (Å²) in [6.07, 6.45) is 7.61. The first-order valence-electron chi connectivity index (χ1n) is 13.0. The molecular weight excluding hydrogens is 422 g/mol. The molecule has 5 rings (SSSR count). The molecule has 5 nitrogen and oxygen atoms in total. The Morgan fingerprint density at radius 2 is 1.62 bits per heavy atom. The molecule has 0 aromatic heterocycles. The number of para-hydroxylation sites is 1. The van der Waals surface area contributed by atoms with Crippen LogP contribution in [-0.2, 0) is 22.6 Å². The first kappa shape index (κ1) is 23.1. The Kier molecular flexibility index (Phi) is 7.00. The quantitative estimate of drug-likeness (QED) is 0.669. The minimum atomic E-state index is 0.0787. The molecule has 2 amide bonds. The Hall–Kier alpha value is -2.66. The van der Waals surface area contributed by atoms with Crippen molar-refractivity contribution in [3.63, 3.8) is 0 Å². The van der Waals surface area contributed by atoms with Crippen molar-refractivity contribution in [2.24, 2.45) is 5.92 Å². The Labute approximate surface area is 203 Å². The van der Waals surface area contributed by atoms with Crippen LogP contribution in [0, 0.1) is 5.92 Å². The van der Waals surface area contributed by atoms with E-state index in [2.05, 4.69) is 15.9 Å². The molecular formula is C29H37N3O2. The lowest BCUT2D eigenvalue weighted by atomic mass is 9.92. The molecule has 0 N–H and O–H groups in total. The topological polar surface area (TPSA) is 43.9 Å². The summed E-state index contributed by atoms with van der Waals surface area (Å²) in [7, 11) is 0. The number of rotatable bonds is 4. The van der Waals surface area contributed by atoms with Crippen LogP contribution in [0.5, 0.6) is 0 Å². The van der Waals surface area contributed by atoms with Gasteiger partial charge in [-0.2, -0.15) is 0 Å². The van der Waals surface area contributed by atoms with E-state index in [0.29, 0.717) is 25.0 Å². The number of fused-ring (bicyclic) bond motifs is 3. The van der Waals surface area contributed by atoms with Crippen molar-refractivity contribution in [3.05, 3.63) is 65.7 Å². The maximum Gasteiger partial charge on any atom is 0.227 e. The highest BCUT2D eigenvalue weighted by Gasteiger charge is 2.37. The summed E-state index contributed by atoms with van der Waals surface area (Å²) in [5.41, 5.74) is 3.07. The summed E-state index contributed by atoms with van der Waals surface area (Å²) in [4.78, 5) is 33.1. The first-order chi connectivity index (χ1) is 16.6. The van der Waals surface area contributed by atoms with Crippen LogP contribution in [0.15, 0.2) is 54.6 Å². The average Bonchev–Trinajstić information content (AvgIpc) is 3.65. The summed E-state index contributed by atoms with van der Waals surface area (Å²) in [6, 6.07) is 19.1. The van der Waals surface area contributed by atoms with Crippen molar-refractivity contribution in [3.8, 4) is 0 Å². The summed E-state index contributed by atoms with van der Waals surface area (Å²) < 4.78 is 0. The van der Waals surface area contributed by atoms with E-state index >= 15 is 0 Å². The largest absolute Gasteiger partial charge is 0.336 e. The number of benzene rings is 2. The van der Waals surface area contributed by atoms with Gasteiger partial charge in [-0.15, -0.1) is 0 Å². The molecule has 34 heavy (non-hydrogen) atoms. The van der Waals surface area contributed by atoms with Crippen molar-refractivity contribution in [1.29, 1.82) is 0 Å². The average molecular weight is 460 g/mol. The number of hydrogen-bond acceptors (Lipinski definition) is 3. The first-order valence-corrected chi connectivity index (χ1v) is 13.0. The maximum absolute atomic E-state index is 13.7. The third-order valence-corrected chi connectivity index (χ3v) is 7.87. The van der Waals surface area contributed by atoms with E-state index in [-0.39, 0.29) is 11.8 Å². The van der Waals surface area contributed by atoms with Crippen molar-refractivity contribution in [2.45, 2.75) is 70.5 Å². The van der Waals surface area contributed by atoms with Crippen LogP contribution in [-0.4, -0.2) is 53.3 Å². The van der Waals surface area contributed by atoms with Gasteiger partial charge in [0.25, 0.3) is 0 Å². The normalized spacial score (nSPS) is 23.7. The summed E-state index contributed by atoms with van der Waals surface area (Å²) in [5.74, 6) is 1.06. The molecule has 2 aliphatic heterocycles. The van der Waals surface area contributed by atoms with E-state index in [0.717, 1.165) is 55.2 Å². The number of carbonyl (C=O) groups excluding carboxylic acids is 2. The molecule has 3 aliphatic rings. The summed E-state index contributed by atoms with van der Waals surface area (Å²) >= 11 is 0. The van der Waals surface area contributed by atoms with E-state index in [1.165, 1.54) is 25.7 Å². The van der Waals surface area contributed by atoms with Gasteiger partial charge >= 0.3 is 0 Å². The molecule has 2 aromatic rings. The predicted molar refractivity (Wildman–Crippen MR) is 136 cm³/mol. The minimum absolute atomic E-state index is 0.0787. The zero-order chi connectivity index (χ0) is 23.5. The van der Waals surface area contributed by atoms with Crippen LogP contribution in [0.2, 0.25) is 0 Å². The van der Waals surface area contributed by atoms with Crippen LogP contribution in [0.25, 0.3) is 0 Å². The van der Waals surface area contributed by atoms with E-state index in [4.69, 9.17) is 0 Å². The van der Waals surface area contributed by atoms with E-state index < -0.39 is 0 Å². The van der Waals surface area contributed by atoms with Crippen LogP contribution in [0.4, 0.5) is 5.69 Å². The Bertz CT molecular complexity index is 1000. The lowest BCUT2D eigenvalue weighted by molar-refractivity contribution is -0.132. The molecule has 2 heterocycles. The molecule has 2 unspecified atom stereocenters. The fourth-order valence-corrected chi connectivity index (χ4v) is 5.85. The van der Waals surface area contributed by atoms with Crippen LogP contribution < -0.4 is 4.90 Å². The zero-order valence-electron chi connectivity index (χ0n) is 20.4. The van der Waals surface area contributed by atoms with E-state index in [9.17, 15) is 9.59 Å². The molecule has 1 saturated carbocycles. The highest BCUT2D eigenvalue weighted by atomic mass is 16.2. The number of anilines is 1. The second kappa shape index (κ2) is 10.3. The van der Waals surface area contributed by atoms with Gasteiger partial charge in [-0.05, 0) is 55.2 Å². The van der Waals surface area contributed by atoms with Crippen molar-refractivity contribution in [2.75, 3.05) is 24.5 Å². The fraction of sp³-hybridized carbons (Fsp3) is 0.517. The third-order valence-electron chi connectivity index (χ3n) is 7.87. The van der Waals surface area contributed by atoms with Gasteiger partial charge in [0, 0.05) is 50.9 Å². The summed E-state index contributed by atoms with van der Waals surface area (Å²) in [5, 5.41) is 0. The van der Waals surface area contributed by atoms with Gasteiger partial charge in [-0.3, -0.25) is 14.5 Å².